The summed E-state index contributed by atoms with van der Waals surface area (Å²) in [5, 5.41) is 10.7. The van der Waals surface area contributed by atoms with E-state index >= 15 is 0 Å². The predicted molar refractivity (Wildman–Crippen MR) is 94.3 cm³/mol. The van der Waals surface area contributed by atoms with Crippen molar-refractivity contribution in [1.82, 2.24) is 4.72 Å². The van der Waals surface area contributed by atoms with E-state index in [2.05, 4.69) is 0 Å². The Hall–Kier alpha value is -2.49. The average molecular weight is 399 g/mol. The van der Waals surface area contributed by atoms with Crippen LogP contribution in [0.2, 0.25) is 5.02 Å². The van der Waals surface area contributed by atoms with Gasteiger partial charge < -0.3 is 4.74 Å². The van der Waals surface area contributed by atoms with Gasteiger partial charge in [-0.05, 0) is 24.6 Å². The lowest BCUT2D eigenvalue weighted by atomic mass is 10.2. The Bertz CT molecular complexity index is 928. The van der Waals surface area contributed by atoms with Crippen molar-refractivity contribution in [1.29, 1.82) is 0 Å². The van der Waals surface area contributed by atoms with Crippen LogP contribution >= 0.6 is 11.6 Å². The molecule has 0 atom stereocenters. The maximum atomic E-state index is 12.1. The van der Waals surface area contributed by atoms with Gasteiger partial charge in [-0.1, -0.05) is 41.4 Å². The van der Waals surface area contributed by atoms with Crippen LogP contribution in [0.15, 0.2) is 47.4 Å². The molecule has 2 aromatic rings. The van der Waals surface area contributed by atoms with Gasteiger partial charge in [0.1, 0.15) is 18.2 Å². The lowest BCUT2D eigenvalue weighted by Crippen LogP contribution is -2.30. The first-order valence-corrected chi connectivity index (χ1v) is 9.20. The van der Waals surface area contributed by atoms with Crippen molar-refractivity contribution in [3.8, 4) is 0 Å². The van der Waals surface area contributed by atoms with Crippen molar-refractivity contribution < 1.29 is 22.9 Å². The standard InChI is InChI=1S/C16H15ClN2O6S/c1-11-2-4-12(5-3-11)10-25-16(20)9-18-26(23,24)13-6-7-14(17)15(8-13)19(21)22/h2-8,18H,9-10H2,1H3. The molecule has 1 N–H and O–H groups in total. The van der Waals surface area contributed by atoms with E-state index in [1.807, 2.05) is 23.8 Å². The van der Waals surface area contributed by atoms with E-state index in [4.69, 9.17) is 16.3 Å². The number of hydrogen-bond donors (Lipinski definition) is 1. The van der Waals surface area contributed by atoms with Crippen LogP contribution in [0.4, 0.5) is 5.69 Å². The van der Waals surface area contributed by atoms with Crippen LogP contribution in [-0.4, -0.2) is 25.9 Å². The second-order valence-corrected chi connectivity index (χ2v) is 7.52. The van der Waals surface area contributed by atoms with E-state index < -0.39 is 33.1 Å². The van der Waals surface area contributed by atoms with Crippen molar-refractivity contribution in [2.75, 3.05) is 6.54 Å². The number of halogens is 1. The number of esters is 1. The predicted octanol–water partition coefficient (Wildman–Crippen LogP) is 2.58. The third-order valence-electron chi connectivity index (χ3n) is 3.35. The van der Waals surface area contributed by atoms with Gasteiger partial charge in [-0.15, -0.1) is 0 Å². The number of nitrogens with zero attached hydrogens (tertiary/aromatic N) is 1. The van der Waals surface area contributed by atoms with Crippen LogP contribution in [0.5, 0.6) is 0 Å². The summed E-state index contributed by atoms with van der Waals surface area (Å²) in [6.45, 7) is 1.32. The number of carbonyl (C=O) groups is 1. The Labute approximate surface area is 154 Å². The summed E-state index contributed by atoms with van der Waals surface area (Å²) in [7, 11) is -4.13. The van der Waals surface area contributed by atoms with Crippen LogP contribution < -0.4 is 4.72 Å². The average Bonchev–Trinajstić information content (AvgIpc) is 2.59. The first-order chi connectivity index (χ1) is 12.2. The lowest BCUT2D eigenvalue weighted by Gasteiger charge is -2.08. The topological polar surface area (TPSA) is 116 Å². The number of nitrogens with one attached hydrogen (secondary N) is 1. The zero-order valence-corrected chi connectivity index (χ0v) is 15.2. The van der Waals surface area contributed by atoms with Crippen LogP contribution in [0, 0.1) is 17.0 Å². The second-order valence-electron chi connectivity index (χ2n) is 5.34. The molecule has 0 saturated heterocycles. The van der Waals surface area contributed by atoms with Crippen LogP contribution in [0.3, 0.4) is 0 Å². The van der Waals surface area contributed by atoms with Gasteiger partial charge in [-0.25, -0.2) is 8.42 Å². The van der Waals surface area contributed by atoms with Crippen molar-refractivity contribution >= 4 is 33.3 Å². The van der Waals surface area contributed by atoms with Crippen LogP contribution in [-0.2, 0) is 26.2 Å². The minimum Gasteiger partial charge on any atom is -0.460 e. The molecule has 0 fully saturated rings. The molecule has 0 aliphatic carbocycles. The zero-order chi connectivity index (χ0) is 19.3. The highest BCUT2D eigenvalue weighted by atomic mass is 35.5. The monoisotopic (exact) mass is 398 g/mol. The molecule has 0 amide bonds. The number of hydrogen-bond acceptors (Lipinski definition) is 6. The minimum atomic E-state index is -4.13. The molecule has 10 heteroatoms. The molecule has 8 nitrogen and oxygen atoms in total. The molecular weight excluding hydrogens is 384 g/mol. The molecule has 0 radical (unpaired) electrons. The summed E-state index contributed by atoms with van der Waals surface area (Å²) in [5.74, 6) is -0.780. The summed E-state index contributed by atoms with van der Waals surface area (Å²) in [4.78, 5) is 21.4. The molecule has 26 heavy (non-hydrogen) atoms. The van der Waals surface area contributed by atoms with Crippen molar-refractivity contribution in [2.24, 2.45) is 0 Å². The first-order valence-electron chi connectivity index (χ1n) is 7.34. The number of ether oxygens (including phenoxy) is 1. The van der Waals surface area contributed by atoms with Gasteiger partial charge in [0.15, 0.2) is 0 Å². The number of nitro groups is 1. The number of benzene rings is 2. The van der Waals surface area contributed by atoms with E-state index in [9.17, 15) is 23.3 Å². The highest BCUT2D eigenvalue weighted by Crippen LogP contribution is 2.26. The Balaban J connectivity index is 1.97. The molecule has 2 rings (SSSR count). The fourth-order valence-corrected chi connectivity index (χ4v) is 3.11. The van der Waals surface area contributed by atoms with Gasteiger partial charge in [0, 0.05) is 6.07 Å². The lowest BCUT2D eigenvalue weighted by molar-refractivity contribution is -0.384. The van der Waals surface area contributed by atoms with E-state index in [1.54, 1.807) is 12.1 Å². The quantitative estimate of drug-likeness (QED) is 0.435. The van der Waals surface area contributed by atoms with Gasteiger partial charge in [0.2, 0.25) is 10.0 Å². The summed E-state index contributed by atoms with van der Waals surface area (Å²) in [6, 6.07) is 10.3. The zero-order valence-electron chi connectivity index (χ0n) is 13.6. The first kappa shape index (κ1) is 19.8. The van der Waals surface area contributed by atoms with E-state index in [0.29, 0.717) is 0 Å². The van der Waals surface area contributed by atoms with Gasteiger partial charge in [0.25, 0.3) is 5.69 Å². The number of aryl methyl sites for hydroxylation is 1. The molecule has 0 spiro atoms. The molecule has 0 aliphatic rings. The van der Waals surface area contributed by atoms with Gasteiger partial charge >= 0.3 is 5.97 Å². The van der Waals surface area contributed by atoms with Crippen molar-refractivity contribution in [3.63, 3.8) is 0 Å². The molecule has 138 valence electrons. The van der Waals surface area contributed by atoms with Crippen molar-refractivity contribution in [2.45, 2.75) is 18.4 Å². The Morgan fingerprint density at radius 3 is 2.50 bits per heavy atom. The minimum absolute atomic E-state index is 0.00720. The van der Waals surface area contributed by atoms with Crippen LogP contribution in [0.1, 0.15) is 11.1 Å². The molecule has 0 aromatic heterocycles. The molecule has 2 aromatic carbocycles. The Morgan fingerprint density at radius 2 is 1.88 bits per heavy atom. The Kier molecular flexibility index (Phi) is 6.30. The molecule has 0 unspecified atom stereocenters. The Morgan fingerprint density at radius 1 is 1.23 bits per heavy atom. The molecule has 0 heterocycles. The van der Waals surface area contributed by atoms with Gasteiger partial charge in [-0.2, -0.15) is 4.72 Å². The second kappa shape index (κ2) is 8.26. The smallest absolute Gasteiger partial charge is 0.321 e. The number of rotatable bonds is 7. The molecule has 0 bridgehead atoms. The highest BCUT2D eigenvalue weighted by molar-refractivity contribution is 7.89. The summed E-state index contributed by atoms with van der Waals surface area (Å²) >= 11 is 5.65. The fraction of sp³-hybridized carbons (Fsp3) is 0.188. The summed E-state index contributed by atoms with van der Waals surface area (Å²) in [5.41, 5.74) is 1.28. The maximum absolute atomic E-state index is 12.1. The number of nitro benzene ring substituents is 1. The van der Waals surface area contributed by atoms with E-state index in [-0.39, 0.29) is 16.5 Å². The van der Waals surface area contributed by atoms with E-state index in [1.165, 1.54) is 0 Å². The highest BCUT2D eigenvalue weighted by Gasteiger charge is 2.21. The molecule has 0 aliphatic heterocycles. The van der Waals surface area contributed by atoms with Gasteiger partial charge in [-0.3, -0.25) is 14.9 Å². The number of sulfonamides is 1. The normalized spacial score (nSPS) is 11.2. The molecule has 0 saturated carbocycles. The summed E-state index contributed by atoms with van der Waals surface area (Å²) < 4.78 is 31.3. The third-order valence-corrected chi connectivity index (χ3v) is 5.07. The maximum Gasteiger partial charge on any atom is 0.321 e. The van der Waals surface area contributed by atoms with Gasteiger partial charge in [0.05, 0.1) is 9.82 Å². The largest absolute Gasteiger partial charge is 0.460 e. The van der Waals surface area contributed by atoms with E-state index in [0.717, 1.165) is 29.3 Å². The van der Waals surface area contributed by atoms with Crippen molar-refractivity contribution in [3.05, 3.63) is 68.7 Å². The van der Waals surface area contributed by atoms with Crippen LogP contribution in [0.25, 0.3) is 0 Å². The number of carbonyl (C=O) groups excluding carboxylic acids is 1. The SMILES string of the molecule is Cc1ccc(COC(=O)CNS(=O)(=O)c2ccc(Cl)c([N+](=O)[O-])c2)cc1. The molecular formula is C16H15ClN2O6S. The fourth-order valence-electron chi connectivity index (χ4n) is 1.94. The summed E-state index contributed by atoms with van der Waals surface area (Å²) in [6.07, 6.45) is 0. The third kappa shape index (κ3) is 5.25.